The molecule has 0 aromatic heterocycles. The molecule has 2 amide bonds. The van der Waals surface area contributed by atoms with Crippen LogP contribution in [0.3, 0.4) is 0 Å². The van der Waals surface area contributed by atoms with Gasteiger partial charge in [0.2, 0.25) is 0 Å². The summed E-state index contributed by atoms with van der Waals surface area (Å²) in [6.07, 6.45) is 1.65. The van der Waals surface area contributed by atoms with E-state index in [1.165, 1.54) is 0 Å². The molecule has 2 aromatic carbocycles. The largest absolute Gasteiger partial charge is 0.492 e. The normalized spacial score (nSPS) is 15.6. The van der Waals surface area contributed by atoms with Crippen LogP contribution in [-0.4, -0.2) is 24.9 Å². The number of thioether (sulfide) groups is 1. The minimum Gasteiger partial charge on any atom is -0.492 e. The van der Waals surface area contributed by atoms with E-state index in [9.17, 15) is 9.59 Å². The van der Waals surface area contributed by atoms with Gasteiger partial charge in [-0.05, 0) is 70.5 Å². The molecule has 0 aliphatic carbocycles. The number of hydrogen-bond acceptors (Lipinski definition) is 5. The third-order valence-electron chi connectivity index (χ3n) is 3.72. The number of anilines is 1. The lowest BCUT2D eigenvalue weighted by atomic mass is 10.1. The quantitative estimate of drug-likeness (QED) is 0.523. The number of hydrogen-bond donors (Lipinski definition) is 0. The number of amides is 2. The highest BCUT2D eigenvalue weighted by atomic mass is 79.9. The first-order chi connectivity index (χ1) is 13.0. The number of methoxy groups -OCH3 is 1. The molecule has 1 fully saturated rings. The van der Waals surface area contributed by atoms with Crippen LogP contribution in [-0.2, 0) is 4.79 Å². The second kappa shape index (κ2) is 8.37. The van der Waals surface area contributed by atoms with Gasteiger partial charge in [0.1, 0.15) is 0 Å². The maximum atomic E-state index is 12.8. The van der Waals surface area contributed by atoms with Crippen LogP contribution in [0.5, 0.6) is 11.5 Å². The molecule has 8 heteroatoms. The van der Waals surface area contributed by atoms with Crippen molar-refractivity contribution in [2.24, 2.45) is 0 Å². The third kappa shape index (κ3) is 4.00. The Morgan fingerprint density at radius 2 is 2.00 bits per heavy atom. The van der Waals surface area contributed by atoms with E-state index in [2.05, 4.69) is 15.9 Å². The van der Waals surface area contributed by atoms with E-state index in [0.29, 0.717) is 43.8 Å². The van der Waals surface area contributed by atoms with Crippen LogP contribution in [0.4, 0.5) is 10.5 Å². The summed E-state index contributed by atoms with van der Waals surface area (Å²) in [6.45, 7) is 2.34. The molecule has 0 unspecified atom stereocenters. The van der Waals surface area contributed by atoms with Crippen LogP contribution in [0.15, 0.2) is 45.8 Å². The van der Waals surface area contributed by atoms with Crippen molar-refractivity contribution in [3.8, 4) is 11.5 Å². The number of carbonyl (C=O) groups excluding carboxylic acids is 2. The zero-order valence-electron chi connectivity index (χ0n) is 14.5. The Kier molecular flexibility index (Phi) is 6.14. The zero-order chi connectivity index (χ0) is 19.6. The van der Waals surface area contributed by atoms with Crippen molar-refractivity contribution in [1.29, 1.82) is 0 Å². The van der Waals surface area contributed by atoms with Gasteiger partial charge in [-0.2, -0.15) is 0 Å². The maximum absolute atomic E-state index is 12.8. The molecule has 0 N–H and O–H groups in total. The Balaban J connectivity index is 1.98. The summed E-state index contributed by atoms with van der Waals surface area (Å²) in [5.41, 5.74) is 1.08. The van der Waals surface area contributed by atoms with Crippen LogP contribution in [0.1, 0.15) is 12.5 Å². The van der Waals surface area contributed by atoms with Crippen molar-refractivity contribution in [2.75, 3.05) is 18.6 Å². The van der Waals surface area contributed by atoms with E-state index in [4.69, 9.17) is 21.1 Å². The molecule has 0 radical (unpaired) electrons. The van der Waals surface area contributed by atoms with Crippen molar-refractivity contribution >= 4 is 62.2 Å². The van der Waals surface area contributed by atoms with Gasteiger partial charge in [0.15, 0.2) is 11.5 Å². The van der Waals surface area contributed by atoms with Gasteiger partial charge in [-0.25, -0.2) is 4.90 Å². The Morgan fingerprint density at radius 3 is 2.67 bits per heavy atom. The number of imide groups is 1. The van der Waals surface area contributed by atoms with E-state index in [1.807, 2.05) is 6.92 Å². The van der Waals surface area contributed by atoms with Crippen LogP contribution in [0.25, 0.3) is 6.08 Å². The molecule has 2 aromatic rings. The van der Waals surface area contributed by atoms with Gasteiger partial charge in [-0.1, -0.05) is 23.7 Å². The van der Waals surface area contributed by atoms with E-state index < -0.39 is 11.1 Å². The van der Waals surface area contributed by atoms with Gasteiger partial charge in [0, 0.05) is 0 Å². The smallest absolute Gasteiger partial charge is 0.298 e. The SMILES string of the molecule is CCOc1cc(/C=C2\SC(=O)N(c3ccccc3Cl)C2=O)cc(Br)c1OC. The van der Waals surface area contributed by atoms with Crippen molar-refractivity contribution in [1.82, 2.24) is 0 Å². The number of halogens is 2. The van der Waals surface area contributed by atoms with Crippen LogP contribution in [0.2, 0.25) is 5.02 Å². The minimum absolute atomic E-state index is 0.305. The predicted octanol–water partition coefficient (Wildman–Crippen LogP) is 5.75. The fourth-order valence-corrected chi connectivity index (χ4v) is 4.27. The number of para-hydroxylation sites is 1. The topological polar surface area (TPSA) is 55.8 Å². The number of nitrogens with zero attached hydrogens (tertiary/aromatic N) is 1. The lowest BCUT2D eigenvalue weighted by Gasteiger charge is -2.14. The summed E-state index contributed by atoms with van der Waals surface area (Å²) < 4.78 is 11.6. The first-order valence-electron chi connectivity index (χ1n) is 7.99. The monoisotopic (exact) mass is 467 g/mol. The lowest BCUT2D eigenvalue weighted by Crippen LogP contribution is -2.27. The molecular weight excluding hydrogens is 454 g/mol. The minimum atomic E-state index is -0.414. The number of rotatable bonds is 5. The average molecular weight is 469 g/mol. The highest BCUT2D eigenvalue weighted by Crippen LogP contribution is 2.41. The summed E-state index contributed by atoms with van der Waals surface area (Å²) in [7, 11) is 1.55. The maximum Gasteiger partial charge on any atom is 0.298 e. The predicted molar refractivity (Wildman–Crippen MR) is 112 cm³/mol. The van der Waals surface area contributed by atoms with Gasteiger partial charge in [-0.15, -0.1) is 0 Å². The first-order valence-corrected chi connectivity index (χ1v) is 9.97. The second-order valence-electron chi connectivity index (χ2n) is 5.44. The summed E-state index contributed by atoms with van der Waals surface area (Å²) in [5, 5.41) is -0.0520. The zero-order valence-corrected chi connectivity index (χ0v) is 17.7. The molecule has 5 nitrogen and oxygen atoms in total. The Hall–Kier alpha value is -1.96. The molecule has 0 atom stereocenters. The van der Waals surface area contributed by atoms with Gasteiger partial charge in [0.25, 0.3) is 11.1 Å². The highest BCUT2D eigenvalue weighted by molar-refractivity contribution is 9.10. The Morgan fingerprint density at radius 1 is 1.26 bits per heavy atom. The lowest BCUT2D eigenvalue weighted by molar-refractivity contribution is -0.113. The van der Waals surface area contributed by atoms with Gasteiger partial charge >= 0.3 is 0 Å². The molecule has 3 rings (SSSR count). The third-order valence-corrected chi connectivity index (χ3v) is 5.50. The highest BCUT2D eigenvalue weighted by Gasteiger charge is 2.37. The molecular formula is C19H15BrClNO4S. The van der Waals surface area contributed by atoms with Crippen LogP contribution >= 0.6 is 39.3 Å². The molecule has 1 saturated heterocycles. The van der Waals surface area contributed by atoms with Crippen molar-refractivity contribution < 1.29 is 19.1 Å². The summed E-state index contributed by atoms with van der Waals surface area (Å²) in [5.74, 6) is 0.701. The summed E-state index contributed by atoms with van der Waals surface area (Å²) >= 11 is 10.5. The fourth-order valence-electron chi connectivity index (χ4n) is 2.59. The second-order valence-corrected chi connectivity index (χ2v) is 7.69. The van der Waals surface area contributed by atoms with Gasteiger partial charge in [-0.3, -0.25) is 9.59 Å². The molecule has 1 aliphatic rings. The molecule has 140 valence electrons. The van der Waals surface area contributed by atoms with E-state index >= 15 is 0 Å². The van der Waals surface area contributed by atoms with E-state index in [-0.39, 0.29) is 0 Å². The van der Waals surface area contributed by atoms with E-state index in [0.717, 1.165) is 16.7 Å². The standard InChI is InChI=1S/C19H15BrClNO4S/c1-3-26-15-9-11(8-12(20)17(15)25-2)10-16-18(23)22(19(24)27-16)14-7-5-4-6-13(14)21/h4-10H,3H2,1-2H3/b16-10-. The first kappa shape index (κ1) is 19.8. The number of carbonyl (C=O) groups is 2. The molecule has 0 bridgehead atoms. The number of ether oxygens (including phenoxy) is 2. The molecule has 1 aliphatic heterocycles. The van der Waals surface area contributed by atoms with Gasteiger partial charge < -0.3 is 9.47 Å². The van der Waals surface area contributed by atoms with Crippen molar-refractivity contribution in [3.05, 3.63) is 56.4 Å². The molecule has 27 heavy (non-hydrogen) atoms. The number of benzene rings is 2. The van der Waals surface area contributed by atoms with Crippen LogP contribution in [0, 0.1) is 0 Å². The fraction of sp³-hybridized carbons (Fsp3) is 0.158. The van der Waals surface area contributed by atoms with Crippen molar-refractivity contribution in [2.45, 2.75) is 6.92 Å². The Labute approximate surface area is 174 Å². The van der Waals surface area contributed by atoms with Crippen molar-refractivity contribution in [3.63, 3.8) is 0 Å². The van der Waals surface area contributed by atoms with Gasteiger partial charge in [0.05, 0.1) is 33.8 Å². The van der Waals surface area contributed by atoms with E-state index in [1.54, 1.807) is 49.6 Å². The Bertz CT molecular complexity index is 947. The van der Waals surface area contributed by atoms with Crippen LogP contribution < -0.4 is 14.4 Å². The molecule has 0 saturated carbocycles. The molecule has 1 heterocycles. The molecule has 0 spiro atoms. The average Bonchev–Trinajstić information content (AvgIpc) is 2.89. The summed E-state index contributed by atoms with van der Waals surface area (Å²) in [4.78, 5) is 26.6. The summed E-state index contributed by atoms with van der Waals surface area (Å²) in [6, 6.07) is 10.3.